The molecule has 3 aromatic rings. The van der Waals surface area contributed by atoms with Crippen molar-refractivity contribution >= 4 is 40.9 Å². The lowest BCUT2D eigenvalue weighted by atomic mass is 9.95. The van der Waals surface area contributed by atoms with Gasteiger partial charge in [-0.05, 0) is 102 Å². The highest BCUT2D eigenvalue weighted by Crippen LogP contribution is 2.40. The highest BCUT2D eigenvalue weighted by molar-refractivity contribution is 6.31. The Kier molecular flexibility index (Phi) is 9.49. The first kappa shape index (κ1) is 33.1. The molecule has 0 unspecified atom stereocenters. The number of carbonyl (C=O) groups is 2. The summed E-state index contributed by atoms with van der Waals surface area (Å²) >= 11 is 6.46. The minimum atomic E-state index is -0.592. The first-order valence-electron chi connectivity index (χ1n) is 15.5. The van der Waals surface area contributed by atoms with Gasteiger partial charge in [-0.25, -0.2) is 19.9 Å². The summed E-state index contributed by atoms with van der Waals surface area (Å²) in [6, 6.07) is 20.9. The molecule has 1 saturated heterocycles. The maximum absolute atomic E-state index is 12.8. The van der Waals surface area contributed by atoms with E-state index in [1.807, 2.05) is 96.1 Å². The van der Waals surface area contributed by atoms with Gasteiger partial charge >= 0.3 is 12.1 Å². The van der Waals surface area contributed by atoms with E-state index in [-0.39, 0.29) is 18.0 Å². The number of amides is 1. The molecule has 46 heavy (non-hydrogen) atoms. The third-order valence-electron chi connectivity index (χ3n) is 7.57. The average Bonchev–Trinajstić information content (AvgIpc) is 3.45. The summed E-state index contributed by atoms with van der Waals surface area (Å²) in [6.45, 7) is 12.3. The van der Waals surface area contributed by atoms with Gasteiger partial charge in [0.1, 0.15) is 28.5 Å². The summed E-state index contributed by atoms with van der Waals surface area (Å²) in [5.41, 5.74) is 4.12. The molecule has 8 nitrogen and oxygen atoms in total. The van der Waals surface area contributed by atoms with Crippen LogP contribution in [0.3, 0.4) is 0 Å². The molecule has 9 heteroatoms. The number of aliphatic imine (C=N–C) groups is 1. The number of nitrogens with zero attached hydrogens (tertiary/aromatic N) is 3. The topological polar surface area (TPSA) is 91.5 Å². The molecule has 2 aliphatic heterocycles. The van der Waals surface area contributed by atoms with E-state index in [2.05, 4.69) is 0 Å². The third-order valence-corrected chi connectivity index (χ3v) is 7.81. The van der Waals surface area contributed by atoms with Crippen LogP contribution in [0, 0.1) is 5.92 Å². The molecule has 2 heterocycles. The summed E-state index contributed by atoms with van der Waals surface area (Å²) in [7, 11) is 1.62. The second-order valence-electron chi connectivity index (χ2n) is 13.5. The van der Waals surface area contributed by atoms with Crippen LogP contribution in [0.25, 0.3) is 22.5 Å². The van der Waals surface area contributed by atoms with Crippen LogP contribution in [0.15, 0.2) is 71.7 Å². The normalized spacial score (nSPS) is 15.7. The fourth-order valence-corrected chi connectivity index (χ4v) is 5.62. The standard InChI is InChI=1S/C37H41ClN3O5/c1-36(2,3)45-34(42)27-13-9-11-25(21-27)24-10-8-12-26(20-24)31-32(29-22-28(38)14-15-30(29)44-7)40-33(39-31)23-16-18-41(19-17-23)35(43)46-37(4,5)6/h8-15,20-23H,16-19H2,1-7H3. The number of amidine groups is 1. The van der Waals surface area contributed by atoms with Crippen molar-refractivity contribution in [2.24, 2.45) is 10.9 Å². The number of hydrogen-bond acceptors (Lipinski definition) is 6. The van der Waals surface area contributed by atoms with Crippen molar-refractivity contribution < 1.29 is 23.8 Å². The Morgan fingerprint density at radius 3 is 2.09 bits per heavy atom. The number of benzene rings is 3. The van der Waals surface area contributed by atoms with E-state index >= 15 is 0 Å². The molecule has 1 amide bonds. The Hall–Kier alpha value is -4.30. The van der Waals surface area contributed by atoms with Crippen molar-refractivity contribution in [1.29, 1.82) is 0 Å². The van der Waals surface area contributed by atoms with Gasteiger partial charge in [0.25, 0.3) is 0 Å². The van der Waals surface area contributed by atoms with Crippen molar-refractivity contribution in [3.8, 4) is 16.9 Å². The van der Waals surface area contributed by atoms with Crippen LogP contribution in [-0.4, -0.2) is 54.2 Å². The molecular formula is C37H41ClN3O5. The van der Waals surface area contributed by atoms with Gasteiger partial charge < -0.3 is 19.1 Å². The zero-order valence-corrected chi connectivity index (χ0v) is 28.3. The maximum atomic E-state index is 12.8. The molecule has 3 aromatic carbocycles. The number of halogens is 1. The zero-order chi connectivity index (χ0) is 33.2. The van der Waals surface area contributed by atoms with E-state index in [0.29, 0.717) is 59.5 Å². The molecule has 0 spiro atoms. The van der Waals surface area contributed by atoms with Gasteiger partial charge in [-0.15, -0.1) is 0 Å². The second kappa shape index (κ2) is 13.2. The van der Waals surface area contributed by atoms with E-state index in [4.69, 9.17) is 36.1 Å². The fourth-order valence-electron chi connectivity index (χ4n) is 5.45. The molecular weight excluding hydrogens is 602 g/mol. The number of ether oxygens (including phenoxy) is 3. The molecule has 241 valence electrons. The average molecular weight is 643 g/mol. The summed E-state index contributed by atoms with van der Waals surface area (Å²) < 4.78 is 16.9. The van der Waals surface area contributed by atoms with E-state index in [9.17, 15) is 9.59 Å². The van der Waals surface area contributed by atoms with Crippen LogP contribution in [0.4, 0.5) is 4.79 Å². The Bertz CT molecular complexity index is 1690. The van der Waals surface area contributed by atoms with Crippen LogP contribution in [0.1, 0.15) is 75.9 Å². The SMILES string of the molecule is COc1ccc(Cl)cc1C1=C(c2cccc(-c3cccc(C(=O)OC(C)(C)C)c3)c2)[N]C(C2CCN(C(=O)OC(C)(C)C)CC2)=N1. The number of esters is 1. The van der Waals surface area contributed by atoms with E-state index < -0.39 is 11.2 Å². The number of piperidine rings is 1. The minimum absolute atomic E-state index is 0.0602. The van der Waals surface area contributed by atoms with Crippen LogP contribution in [-0.2, 0) is 9.47 Å². The van der Waals surface area contributed by atoms with Crippen molar-refractivity contribution in [3.05, 3.63) is 88.4 Å². The largest absolute Gasteiger partial charge is 0.496 e. The monoisotopic (exact) mass is 642 g/mol. The molecule has 0 aromatic heterocycles. The van der Waals surface area contributed by atoms with Crippen molar-refractivity contribution in [2.75, 3.05) is 20.2 Å². The Morgan fingerprint density at radius 2 is 1.43 bits per heavy atom. The van der Waals surface area contributed by atoms with Crippen molar-refractivity contribution in [2.45, 2.75) is 65.6 Å². The van der Waals surface area contributed by atoms with Crippen molar-refractivity contribution in [1.82, 2.24) is 10.2 Å². The Morgan fingerprint density at radius 1 is 0.804 bits per heavy atom. The second-order valence-corrected chi connectivity index (χ2v) is 14.0. The van der Waals surface area contributed by atoms with Gasteiger partial charge in [-0.2, -0.15) is 0 Å². The Labute approximate surface area is 276 Å². The smallest absolute Gasteiger partial charge is 0.410 e. The van der Waals surface area contributed by atoms with E-state index in [1.54, 1.807) is 24.1 Å². The predicted molar refractivity (Wildman–Crippen MR) is 182 cm³/mol. The number of carbonyl (C=O) groups excluding carboxylic acids is 2. The minimum Gasteiger partial charge on any atom is -0.496 e. The fraction of sp³-hybridized carbons (Fsp3) is 0.378. The van der Waals surface area contributed by atoms with Crippen LogP contribution >= 0.6 is 11.6 Å². The highest BCUT2D eigenvalue weighted by Gasteiger charge is 2.34. The lowest BCUT2D eigenvalue weighted by molar-refractivity contribution is 0.00686. The summed E-state index contributed by atoms with van der Waals surface area (Å²) in [6.07, 6.45) is 1.13. The lowest BCUT2D eigenvalue weighted by Crippen LogP contribution is -2.43. The van der Waals surface area contributed by atoms with Crippen LogP contribution in [0.2, 0.25) is 5.02 Å². The third kappa shape index (κ3) is 7.91. The molecule has 0 bridgehead atoms. The summed E-state index contributed by atoms with van der Waals surface area (Å²) in [5.74, 6) is 1.04. The van der Waals surface area contributed by atoms with E-state index in [0.717, 1.165) is 22.3 Å². The molecule has 5 rings (SSSR count). The Balaban J connectivity index is 1.46. The predicted octanol–water partition coefficient (Wildman–Crippen LogP) is 8.46. The summed E-state index contributed by atoms with van der Waals surface area (Å²) in [4.78, 5) is 32.3. The first-order chi connectivity index (χ1) is 21.7. The zero-order valence-electron chi connectivity index (χ0n) is 27.5. The molecule has 1 radical (unpaired) electrons. The van der Waals surface area contributed by atoms with E-state index in [1.165, 1.54) is 0 Å². The molecule has 0 saturated carbocycles. The number of methoxy groups -OCH3 is 1. The van der Waals surface area contributed by atoms with Gasteiger partial charge in [0, 0.05) is 35.2 Å². The number of hydrogen-bond donors (Lipinski definition) is 0. The van der Waals surface area contributed by atoms with Crippen molar-refractivity contribution in [3.63, 3.8) is 0 Å². The van der Waals surface area contributed by atoms with Gasteiger partial charge in [0.2, 0.25) is 0 Å². The van der Waals surface area contributed by atoms with Gasteiger partial charge in [-0.3, -0.25) is 0 Å². The van der Waals surface area contributed by atoms with Gasteiger partial charge in [0.05, 0.1) is 18.4 Å². The molecule has 0 N–H and O–H groups in total. The number of rotatable bonds is 6. The maximum Gasteiger partial charge on any atom is 0.410 e. The first-order valence-corrected chi connectivity index (χ1v) is 15.9. The highest BCUT2D eigenvalue weighted by atomic mass is 35.5. The van der Waals surface area contributed by atoms with Gasteiger partial charge in [0.15, 0.2) is 0 Å². The van der Waals surface area contributed by atoms with Crippen LogP contribution in [0.5, 0.6) is 5.75 Å². The van der Waals surface area contributed by atoms with Gasteiger partial charge in [-0.1, -0.05) is 41.9 Å². The summed E-state index contributed by atoms with van der Waals surface area (Å²) in [5, 5.41) is 5.68. The number of likely N-dealkylation sites (tertiary alicyclic amines) is 1. The van der Waals surface area contributed by atoms with Crippen LogP contribution < -0.4 is 10.1 Å². The molecule has 2 aliphatic rings. The molecule has 0 atom stereocenters. The lowest BCUT2D eigenvalue weighted by Gasteiger charge is -2.33. The molecule has 0 aliphatic carbocycles. The molecule has 1 fully saturated rings. The quantitative estimate of drug-likeness (QED) is 0.252.